The molecule has 0 aliphatic carbocycles. The molecule has 1 aromatic carbocycles. The molecule has 0 aliphatic heterocycles. The van der Waals surface area contributed by atoms with Crippen LogP contribution in [0.1, 0.15) is 38.8 Å². The zero-order valence-electron chi connectivity index (χ0n) is 12.4. The van der Waals surface area contributed by atoms with Gasteiger partial charge >= 0.3 is 0 Å². The fourth-order valence-corrected chi connectivity index (χ4v) is 2.07. The van der Waals surface area contributed by atoms with Crippen LogP contribution < -0.4 is 5.32 Å². The molecule has 0 saturated heterocycles. The van der Waals surface area contributed by atoms with Crippen molar-refractivity contribution in [1.29, 1.82) is 0 Å². The molecule has 0 fully saturated rings. The summed E-state index contributed by atoms with van der Waals surface area (Å²) in [5, 5.41) is 3.53. The molecule has 0 radical (unpaired) electrons. The number of benzene rings is 1. The molecular weight excluding hydrogens is 220 g/mol. The van der Waals surface area contributed by atoms with Crippen molar-refractivity contribution in [1.82, 2.24) is 10.2 Å². The van der Waals surface area contributed by atoms with Crippen LogP contribution in [0.2, 0.25) is 0 Å². The van der Waals surface area contributed by atoms with E-state index in [9.17, 15) is 0 Å². The van der Waals surface area contributed by atoms with Crippen molar-refractivity contribution >= 4 is 0 Å². The summed E-state index contributed by atoms with van der Waals surface area (Å²) in [5.74, 6) is 0.708. The van der Waals surface area contributed by atoms with Gasteiger partial charge in [0.25, 0.3) is 0 Å². The van der Waals surface area contributed by atoms with Gasteiger partial charge < -0.3 is 5.32 Å². The van der Waals surface area contributed by atoms with E-state index in [0.717, 1.165) is 32.7 Å². The SMILES string of the molecule is CCN(CC)Cc1ccccc1CNCC(C)C. The lowest BCUT2D eigenvalue weighted by molar-refractivity contribution is 0.294. The molecule has 1 N–H and O–H groups in total. The van der Waals surface area contributed by atoms with Gasteiger partial charge in [-0.1, -0.05) is 52.0 Å². The van der Waals surface area contributed by atoms with Gasteiger partial charge in [0.05, 0.1) is 0 Å². The van der Waals surface area contributed by atoms with Crippen LogP contribution in [0.3, 0.4) is 0 Å². The summed E-state index contributed by atoms with van der Waals surface area (Å²) in [6, 6.07) is 8.78. The standard InChI is InChI=1S/C16H28N2/c1-5-18(6-2)13-16-10-8-7-9-15(16)12-17-11-14(3)4/h7-10,14,17H,5-6,11-13H2,1-4H3. The van der Waals surface area contributed by atoms with Crippen molar-refractivity contribution in [3.63, 3.8) is 0 Å². The highest BCUT2D eigenvalue weighted by molar-refractivity contribution is 5.27. The third-order valence-electron chi connectivity index (χ3n) is 3.27. The number of hydrogen-bond donors (Lipinski definition) is 1. The third-order valence-corrected chi connectivity index (χ3v) is 3.27. The maximum Gasteiger partial charge on any atom is 0.0236 e. The Kier molecular flexibility index (Phi) is 6.99. The maximum atomic E-state index is 3.53. The van der Waals surface area contributed by atoms with E-state index in [1.165, 1.54) is 11.1 Å². The average molecular weight is 248 g/mol. The molecule has 1 aromatic rings. The van der Waals surface area contributed by atoms with Crippen LogP contribution >= 0.6 is 0 Å². The van der Waals surface area contributed by atoms with Crippen LogP contribution in [-0.4, -0.2) is 24.5 Å². The first kappa shape index (κ1) is 15.2. The first-order valence-electron chi connectivity index (χ1n) is 7.17. The molecule has 0 aromatic heterocycles. The molecule has 0 unspecified atom stereocenters. The van der Waals surface area contributed by atoms with E-state index in [4.69, 9.17) is 0 Å². The number of nitrogens with zero attached hydrogens (tertiary/aromatic N) is 1. The molecule has 18 heavy (non-hydrogen) atoms. The summed E-state index contributed by atoms with van der Waals surface area (Å²) >= 11 is 0. The summed E-state index contributed by atoms with van der Waals surface area (Å²) in [5.41, 5.74) is 2.89. The minimum atomic E-state index is 0.708. The lowest BCUT2D eigenvalue weighted by Crippen LogP contribution is -2.24. The Labute approximate surface area is 112 Å². The van der Waals surface area contributed by atoms with E-state index in [-0.39, 0.29) is 0 Å². The average Bonchev–Trinajstić information content (AvgIpc) is 2.37. The highest BCUT2D eigenvalue weighted by Crippen LogP contribution is 2.11. The van der Waals surface area contributed by atoms with Gasteiger partial charge in [-0.2, -0.15) is 0 Å². The van der Waals surface area contributed by atoms with Crippen LogP contribution in [0.4, 0.5) is 0 Å². The lowest BCUT2D eigenvalue weighted by Gasteiger charge is -2.20. The molecule has 0 saturated carbocycles. The minimum absolute atomic E-state index is 0.708. The Morgan fingerprint density at radius 2 is 1.67 bits per heavy atom. The fraction of sp³-hybridized carbons (Fsp3) is 0.625. The van der Waals surface area contributed by atoms with E-state index < -0.39 is 0 Å². The van der Waals surface area contributed by atoms with Crippen LogP contribution in [0.25, 0.3) is 0 Å². The molecule has 0 aliphatic rings. The molecular formula is C16H28N2. The Balaban J connectivity index is 2.61. The molecule has 102 valence electrons. The second-order valence-electron chi connectivity index (χ2n) is 5.25. The first-order chi connectivity index (χ1) is 8.67. The van der Waals surface area contributed by atoms with Crippen molar-refractivity contribution in [2.24, 2.45) is 5.92 Å². The highest BCUT2D eigenvalue weighted by atomic mass is 15.1. The second-order valence-corrected chi connectivity index (χ2v) is 5.25. The van der Waals surface area contributed by atoms with Crippen molar-refractivity contribution in [2.75, 3.05) is 19.6 Å². The molecule has 1 rings (SSSR count). The quantitative estimate of drug-likeness (QED) is 0.759. The molecule has 0 heterocycles. The summed E-state index contributed by atoms with van der Waals surface area (Å²) < 4.78 is 0. The van der Waals surface area contributed by atoms with E-state index >= 15 is 0 Å². The van der Waals surface area contributed by atoms with Crippen LogP contribution in [-0.2, 0) is 13.1 Å². The number of nitrogens with one attached hydrogen (secondary N) is 1. The van der Waals surface area contributed by atoms with Crippen LogP contribution in [0.5, 0.6) is 0 Å². The maximum absolute atomic E-state index is 3.53. The zero-order chi connectivity index (χ0) is 13.4. The zero-order valence-corrected chi connectivity index (χ0v) is 12.4. The normalized spacial score (nSPS) is 11.4. The Morgan fingerprint density at radius 1 is 1.06 bits per heavy atom. The monoisotopic (exact) mass is 248 g/mol. The number of rotatable bonds is 8. The second kappa shape index (κ2) is 8.28. The molecule has 2 heteroatoms. The van der Waals surface area contributed by atoms with Crippen LogP contribution in [0, 0.1) is 5.92 Å². The summed E-state index contributed by atoms with van der Waals surface area (Å²) in [7, 11) is 0. The van der Waals surface area contributed by atoms with Gasteiger partial charge in [0.15, 0.2) is 0 Å². The van der Waals surface area contributed by atoms with Crippen LogP contribution in [0.15, 0.2) is 24.3 Å². The van der Waals surface area contributed by atoms with Gasteiger partial charge in [-0.3, -0.25) is 4.90 Å². The topological polar surface area (TPSA) is 15.3 Å². The molecule has 0 atom stereocenters. The molecule has 0 amide bonds. The largest absolute Gasteiger partial charge is 0.312 e. The van der Waals surface area contributed by atoms with Gasteiger partial charge in [0, 0.05) is 13.1 Å². The smallest absolute Gasteiger partial charge is 0.0236 e. The molecule has 2 nitrogen and oxygen atoms in total. The Hall–Kier alpha value is -0.860. The molecule has 0 spiro atoms. The minimum Gasteiger partial charge on any atom is -0.312 e. The fourth-order valence-electron chi connectivity index (χ4n) is 2.07. The first-order valence-corrected chi connectivity index (χ1v) is 7.17. The van der Waals surface area contributed by atoms with E-state index in [0.29, 0.717) is 5.92 Å². The van der Waals surface area contributed by atoms with E-state index in [1.54, 1.807) is 0 Å². The predicted octanol–water partition coefficient (Wildman–Crippen LogP) is 3.27. The van der Waals surface area contributed by atoms with Gasteiger partial charge in [0.1, 0.15) is 0 Å². The molecule has 0 bridgehead atoms. The number of hydrogen-bond acceptors (Lipinski definition) is 2. The van der Waals surface area contributed by atoms with Crippen molar-refractivity contribution in [3.05, 3.63) is 35.4 Å². The third kappa shape index (κ3) is 5.19. The lowest BCUT2D eigenvalue weighted by atomic mass is 10.1. The Morgan fingerprint density at radius 3 is 2.22 bits per heavy atom. The Bertz CT molecular complexity index is 330. The summed E-state index contributed by atoms with van der Waals surface area (Å²) in [4.78, 5) is 2.46. The van der Waals surface area contributed by atoms with E-state index in [2.05, 4.69) is 62.2 Å². The summed E-state index contributed by atoms with van der Waals surface area (Å²) in [6.07, 6.45) is 0. The predicted molar refractivity (Wildman–Crippen MR) is 79.6 cm³/mol. The summed E-state index contributed by atoms with van der Waals surface area (Å²) in [6.45, 7) is 14.3. The van der Waals surface area contributed by atoms with Crippen molar-refractivity contribution < 1.29 is 0 Å². The van der Waals surface area contributed by atoms with E-state index in [1.807, 2.05) is 0 Å². The van der Waals surface area contributed by atoms with Crippen molar-refractivity contribution in [2.45, 2.75) is 40.8 Å². The van der Waals surface area contributed by atoms with Gasteiger partial charge in [-0.05, 0) is 36.7 Å². The van der Waals surface area contributed by atoms with Gasteiger partial charge in [-0.25, -0.2) is 0 Å². The van der Waals surface area contributed by atoms with Gasteiger partial charge in [0.2, 0.25) is 0 Å². The van der Waals surface area contributed by atoms with Crippen molar-refractivity contribution in [3.8, 4) is 0 Å². The van der Waals surface area contributed by atoms with Gasteiger partial charge in [-0.15, -0.1) is 0 Å². The highest BCUT2D eigenvalue weighted by Gasteiger charge is 2.05.